The molecule has 3 atom stereocenters. The molecule has 0 saturated heterocycles. The first-order chi connectivity index (χ1) is 8.45. The maximum absolute atomic E-state index is 9.15. The van der Waals surface area contributed by atoms with Crippen LogP contribution >= 0.6 is 0 Å². The van der Waals surface area contributed by atoms with Crippen molar-refractivity contribution >= 4 is 0 Å². The van der Waals surface area contributed by atoms with E-state index in [1.807, 2.05) is 0 Å². The number of aliphatic hydroxyl groups excluding tert-OH is 1. The zero-order chi connectivity index (χ0) is 13.7. The van der Waals surface area contributed by atoms with Crippen molar-refractivity contribution in [3.05, 3.63) is 0 Å². The summed E-state index contributed by atoms with van der Waals surface area (Å²) in [6.45, 7) is 11.1. The molecule has 1 fully saturated rings. The fraction of sp³-hybridized carbons (Fsp3) is 1.00. The molecule has 1 rings (SSSR count). The van der Waals surface area contributed by atoms with Gasteiger partial charge in [-0.15, -0.1) is 0 Å². The van der Waals surface area contributed by atoms with Crippen LogP contribution in [-0.4, -0.2) is 41.8 Å². The van der Waals surface area contributed by atoms with Gasteiger partial charge in [-0.3, -0.25) is 4.90 Å². The van der Waals surface area contributed by atoms with E-state index < -0.39 is 0 Å². The van der Waals surface area contributed by atoms with Crippen molar-refractivity contribution in [2.45, 2.75) is 59.0 Å². The van der Waals surface area contributed by atoms with Crippen molar-refractivity contribution in [2.24, 2.45) is 23.5 Å². The number of aliphatic hydroxyl groups is 1. The van der Waals surface area contributed by atoms with Gasteiger partial charge in [-0.2, -0.15) is 0 Å². The Balaban J connectivity index is 2.56. The molecule has 3 N–H and O–H groups in total. The van der Waals surface area contributed by atoms with E-state index in [1.54, 1.807) is 0 Å². The highest BCUT2D eigenvalue weighted by atomic mass is 16.3. The van der Waals surface area contributed by atoms with E-state index in [4.69, 9.17) is 10.8 Å². The summed E-state index contributed by atoms with van der Waals surface area (Å²) in [6, 6.07) is 0.837. The molecule has 18 heavy (non-hydrogen) atoms. The van der Waals surface area contributed by atoms with Crippen LogP contribution in [0.3, 0.4) is 0 Å². The fourth-order valence-electron chi connectivity index (χ4n) is 3.13. The lowest BCUT2D eigenvalue weighted by atomic mass is 9.73. The molecule has 3 heteroatoms. The number of rotatable bonds is 6. The minimum atomic E-state index is 0.244. The zero-order valence-electron chi connectivity index (χ0n) is 12.6. The van der Waals surface area contributed by atoms with Crippen LogP contribution in [0.25, 0.3) is 0 Å². The van der Waals surface area contributed by atoms with Crippen LogP contribution in [0.1, 0.15) is 47.0 Å². The SMILES string of the molecule is CC(C)C1CCC(N)C(CN(CCO)C(C)C)C1. The van der Waals surface area contributed by atoms with E-state index in [2.05, 4.69) is 32.6 Å². The Kier molecular flexibility index (Phi) is 6.61. The lowest BCUT2D eigenvalue weighted by Gasteiger charge is -2.39. The van der Waals surface area contributed by atoms with Gasteiger partial charge in [0, 0.05) is 25.2 Å². The minimum Gasteiger partial charge on any atom is -0.395 e. The minimum absolute atomic E-state index is 0.244. The lowest BCUT2D eigenvalue weighted by molar-refractivity contribution is 0.102. The van der Waals surface area contributed by atoms with E-state index in [0.717, 1.165) is 24.9 Å². The Hall–Kier alpha value is -0.120. The molecule has 0 heterocycles. The predicted octanol–water partition coefficient (Wildman–Crippen LogP) is 2.09. The second-order valence-corrected chi connectivity index (χ2v) is 6.55. The summed E-state index contributed by atoms with van der Waals surface area (Å²) in [7, 11) is 0. The van der Waals surface area contributed by atoms with Crippen molar-refractivity contribution < 1.29 is 5.11 Å². The molecule has 1 aliphatic carbocycles. The Morgan fingerprint density at radius 2 is 1.89 bits per heavy atom. The van der Waals surface area contributed by atoms with Crippen LogP contribution < -0.4 is 5.73 Å². The molecule has 0 aromatic rings. The van der Waals surface area contributed by atoms with E-state index in [9.17, 15) is 0 Å². The second-order valence-electron chi connectivity index (χ2n) is 6.55. The first-order valence-corrected chi connectivity index (χ1v) is 7.56. The summed E-state index contributed by atoms with van der Waals surface area (Å²) >= 11 is 0. The molecule has 0 radical (unpaired) electrons. The van der Waals surface area contributed by atoms with Crippen LogP contribution in [0, 0.1) is 17.8 Å². The average molecular weight is 256 g/mol. The molecule has 0 aliphatic heterocycles. The standard InChI is InChI=1S/C15H32N2O/c1-11(2)13-5-6-15(16)14(9-13)10-17(7-8-18)12(3)4/h11-15,18H,5-10,16H2,1-4H3. The van der Waals surface area contributed by atoms with E-state index in [-0.39, 0.29) is 6.61 Å². The van der Waals surface area contributed by atoms with Gasteiger partial charge in [0.2, 0.25) is 0 Å². The summed E-state index contributed by atoms with van der Waals surface area (Å²) in [5.41, 5.74) is 6.30. The number of hydrogen-bond acceptors (Lipinski definition) is 3. The maximum atomic E-state index is 9.15. The van der Waals surface area contributed by atoms with Crippen molar-refractivity contribution in [3.63, 3.8) is 0 Å². The Morgan fingerprint density at radius 3 is 2.39 bits per heavy atom. The lowest BCUT2D eigenvalue weighted by Crippen LogP contribution is -2.46. The van der Waals surface area contributed by atoms with Crippen molar-refractivity contribution in [1.29, 1.82) is 0 Å². The third kappa shape index (κ3) is 4.52. The molecule has 0 spiro atoms. The number of nitrogens with two attached hydrogens (primary N) is 1. The number of nitrogens with zero attached hydrogens (tertiary/aromatic N) is 1. The predicted molar refractivity (Wildman–Crippen MR) is 77.4 cm³/mol. The zero-order valence-corrected chi connectivity index (χ0v) is 12.6. The van der Waals surface area contributed by atoms with E-state index in [0.29, 0.717) is 18.0 Å². The quantitative estimate of drug-likeness (QED) is 0.765. The average Bonchev–Trinajstić information content (AvgIpc) is 2.30. The molecule has 1 saturated carbocycles. The van der Waals surface area contributed by atoms with E-state index >= 15 is 0 Å². The Morgan fingerprint density at radius 1 is 1.22 bits per heavy atom. The highest BCUT2D eigenvalue weighted by Crippen LogP contribution is 2.33. The first kappa shape index (κ1) is 15.9. The fourth-order valence-corrected chi connectivity index (χ4v) is 3.13. The first-order valence-electron chi connectivity index (χ1n) is 7.56. The topological polar surface area (TPSA) is 49.5 Å². The Labute approximate surface area is 113 Å². The van der Waals surface area contributed by atoms with Crippen LogP contribution in [0.15, 0.2) is 0 Å². The third-order valence-electron chi connectivity index (χ3n) is 4.61. The van der Waals surface area contributed by atoms with E-state index in [1.165, 1.54) is 19.3 Å². The molecule has 0 amide bonds. The summed E-state index contributed by atoms with van der Waals surface area (Å²) in [5, 5.41) is 9.15. The normalized spacial score (nSPS) is 29.5. The van der Waals surface area contributed by atoms with Crippen molar-refractivity contribution in [3.8, 4) is 0 Å². The van der Waals surface area contributed by atoms with Gasteiger partial charge in [-0.25, -0.2) is 0 Å². The van der Waals surface area contributed by atoms with Gasteiger partial charge in [0.05, 0.1) is 6.61 Å². The van der Waals surface area contributed by atoms with Crippen LogP contribution in [-0.2, 0) is 0 Å². The Bertz CT molecular complexity index is 231. The van der Waals surface area contributed by atoms with Gasteiger partial charge in [-0.1, -0.05) is 13.8 Å². The summed E-state index contributed by atoms with van der Waals surface area (Å²) in [5.74, 6) is 2.20. The molecule has 1 aliphatic rings. The molecule has 0 aromatic carbocycles. The molecular weight excluding hydrogens is 224 g/mol. The highest BCUT2D eigenvalue weighted by Gasteiger charge is 2.31. The van der Waals surface area contributed by atoms with Crippen LogP contribution in [0.5, 0.6) is 0 Å². The van der Waals surface area contributed by atoms with Crippen LogP contribution in [0.4, 0.5) is 0 Å². The van der Waals surface area contributed by atoms with Crippen molar-refractivity contribution in [1.82, 2.24) is 4.90 Å². The number of hydrogen-bond donors (Lipinski definition) is 2. The summed E-state index contributed by atoms with van der Waals surface area (Å²) < 4.78 is 0. The highest BCUT2D eigenvalue weighted by molar-refractivity contribution is 4.86. The summed E-state index contributed by atoms with van der Waals surface area (Å²) in [4.78, 5) is 2.37. The molecule has 0 aromatic heterocycles. The molecule has 108 valence electrons. The van der Waals surface area contributed by atoms with Gasteiger partial charge in [0.1, 0.15) is 0 Å². The van der Waals surface area contributed by atoms with Gasteiger partial charge in [0.25, 0.3) is 0 Å². The smallest absolute Gasteiger partial charge is 0.0558 e. The second kappa shape index (κ2) is 7.46. The summed E-state index contributed by atoms with van der Waals surface area (Å²) in [6.07, 6.45) is 3.71. The molecular formula is C15H32N2O. The van der Waals surface area contributed by atoms with Gasteiger partial charge < -0.3 is 10.8 Å². The van der Waals surface area contributed by atoms with Gasteiger partial charge >= 0.3 is 0 Å². The largest absolute Gasteiger partial charge is 0.395 e. The van der Waals surface area contributed by atoms with Gasteiger partial charge in [0.15, 0.2) is 0 Å². The maximum Gasteiger partial charge on any atom is 0.0558 e. The molecule has 0 bridgehead atoms. The monoisotopic (exact) mass is 256 g/mol. The molecule has 3 unspecified atom stereocenters. The third-order valence-corrected chi connectivity index (χ3v) is 4.61. The van der Waals surface area contributed by atoms with Crippen molar-refractivity contribution in [2.75, 3.05) is 19.7 Å². The van der Waals surface area contributed by atoms with Crippen LogP contribution in [0.2, 0.25) is 0 Å². The molecule has 3 nitrogen and oxygen atoms in total. The van der Waals surface area contributed by atoms with Gasteiger partial charge in [-0.05, 0) is 50.9 Å².